The highest BCUT2D eigenvalue weighted by Gasteiger charge is 2.36. The van der Waals surface area contributed by atoms with E-state index in [0.717, 1.165) is 12.1 Å². The Bertz CT molecular complexity index is 732. The quantitative estimate of drug-likeness (QED) is 0.416. The summed E-state index contributed by atoms with van der Waals surface area (Å²) in [6.45, 7) is 1.98. The Morgan fingerprint density at radius 1 is 1.18 bits per heavy atom. The second kappa shape index (κ2) is 9.57. The van der Waals surface area contributed by atoms with Gasteiger partial charge in [0, 0.05) is 18.5 Å². The Balaban J connectivity index is 2.17. The summed E-state index contributed by atoms with van der Waals surface area (Å²) >= 11 is 0. The number of benzene rings is 1. The van der Waals surface area contributed by atoms with Crippen LogP contribution in [-0.4, -0.2) is 49.0 Å². The number of amides is 1. The number of halogens is 3. The second-order valence-electron chi connectivity index (χ2n) is 6.56. The maximum atomic E-state index is 13.5. The maximum absolute atomic E-state index is 13.5. The zero-order valence-electron chi connectivity index (χ0n) is 15.7. The van der Waals surface area contributed by atoms with Gasteiger partial charge in [0.1, 0.15) is 12.2 Å². The molecule has 0 aromatic heterocycles. The molecular formula is C19H22F3NO5. The first-order valence-corrected chi connectivity index (χ1v) is 8.93. The molecule has 0 saturated carbocycles. The average Bonchev–Trinajstić information content (AvgIpc) is 2.65. The third-order valence-corrected chi connectivity index (χ3v) is 4.72. The lowest BCUT2D eigenvalue weighted by Gasteiger charge is -2.38. The van der Waals surface area contributed by atoms with Gasteiger partial charge in [0.2, 0.25) is 0 Å². The Labute approximate surface area is 160 Å². The van der Waals surface area contributed by atoms with Crippen molar-refractivity contribution in [2.45, 2.75) is 38.6 Å². The summed E-state index contributed by atoms with van der Waals surface area (Å²) in [6, 6.07) is 1.12. The predicted octanol–water partition coefficient (Wildman–Crippen LogP) is 3.02. The second-order valence-corrected chi connectivity index (χ2v) is 6.56. The number of methoxy groups -OCH3 is 1. The fourth-order valence-electron chi connectivity index (χ4n) is 3.39. The van der Waals surface area contributed by atoms with Crippen molar-refractivity contribution in [2.75, 3.05) is 20.3 Å². The van der Waals surface area contributed by atoms with Gasteiger partial charge in [-0.1, -0.05) is 0 Å². The fourth-order valence-corrected chi connectivity index (χ4v) is 3.39. The van der Waals surface area contributed by atoms with Crippen molar-refractivity contribution in [3.05, 3.63) is 35.1 Å². The normalized spacial score (nSPS) is 19.2. The van der Waals surface area contributed by atoms with Gasteiger partial charge in [-0.05, 0) is 43.9 Å². The van der Waals surface area contributed by atoms with Crippen LogP contribution in [0.25, 0.3) is 0 Å². The number of nitrogens with zero attached hydrogens (tertiary/aromatic N) is 1. The number of ether oxygens (including phenoxy) is 2. The summed E-state index contributed by atoms with van der Waals surface area (Å²) in [5, 5.41) is 0. The van der Waals surface area contributed by atoms with E-state index in [1.807, 2.05) is 0 Å². The van der Waals surface area contributed by atoms with Gasteiger partial charge in [0.05, 0.1) is 13.7 Å². The van der Waals surface area contributed by atoms with Crippen LogP contribution in [0.4, 0.5) is 18.0 Å². The van der Waals surface area contributed by atoms with Crippen LogP contribution in [-0.2, 0) is 25.5 Å². The highest BCUT2D eigenvalue weighted by molar-refractivity contribution is 5.96. The van der Waals surface area contributed by atoms with Crippen molar-refractivity contribution >= 4 is 17.8 Å². The largest absolute Gasteiger partial charge is 0.466 e. The lowest BCUT2D eigenvalue weighted by atomic mass is 9.84. The third kappa shape index (κ3) is 5.24. The molecule has 1 aliphatic heterocycles. The van der Waals surface area contributed by atoms with Crippen LogP contribution in [0.5, 0.6) is 0 Å². The molecule has 2 atom stereocenters. The summed E-state index contributed by atoms with van der Waals surface area (Å²) in [5.41, 5.74) is 0.147. The van der Waals surface area contributed by atoms with E-state index in [-0.39, 0.29) is 43.8 Å². The van der Waals surface area contributed by atoms with Crippen LogP contribution in [0.3, 0.4) is 0 Å². The molecule has 1 aromatic rings. The van der Waals surface area contributed by atoms with Gasteiger partial charge < -0.3 is 14.4 Å². The molecular weight excluding hydrogens is 379 g/mol. The van der Waals surface area contributed by atoms with Gasteiger partial charge in [-0.2, -0.15) is 0 Å². The SMILES string of the molecule is CCOC(=O)CC(=O)[C@H]1CCN(C(=O)OC)[C@@H](Cc2cc(F)c(F)c(F)c2)C1. The van der Waals surface area contributed by atoms with E-state index < -0.39 is 41.5 Å². The number of ketones is 1. The molecule has 6 nitrogen and oxygen atoms in total. The summed E-state index contributed by atoms with van der Waals surface area (Å²) in [7, 11) is 1.20. The minimum Gasteiger partial charge on any atom is -0.466 e. The van der Waals surface area contributed by atoms with Gasteiger partial charge in [-0.15, -0.1) is 0 Å². The molecule has 1 fully saturated rings. The van der Waals surface area contributed by atoms with E-state index in [1.54, 1.807) is 6.92 Å². The Kier molecular flexibility index (Phi) is 7.42. The minimum atomic E-state index is -1.57. The number of esters is 1. The minimum absolute atomic E-state index is 0.00636. The number of piperidine rings is 1. The molecule has 0 spiro atoms. The van der Waals surface area contributed by atoms with Gasteiger partial charge >= 0.3 is 12.1 Å². The first kappa shape index (κ1) is 21.7. The highest BCUT2D eigenvalue weighted by atomic mass is 19.2. The van der Waals surface area contributed by atoms with E-state index in [1.165, 1.54) is 12.0 Å². The van der Waals surface area contributed by atoms with E-state index in [0.29, 0.717) is 6.42 Å². The van der Waals surface area contributed by atoms with E-state index in [4.69, 9.17) is 9.47 Å². The van der Waals surface area contributed by atoms with Crippen molar-refractivity contribution in [2.24, 2.45) is 5.92 Å². The van der Waals surface area contributed by atoms with Crippen LogP contribution in [0.2, 0.25) is 0 Å². The van der Waals surface area contributed by atoms with Crippen molar-refractivity contribution in [1.29, 1.82) is 0 Å². The Hall–Kier alpha value is -2.58. The van der Waals surface area contributed by atoms with Crippen LogP contribution in [0.1, 0.15) is 31.7 Å². The number of Topliss-reactive ketones (excluding diaryl/α,β-unsaturated/α-hetero) is 1. The molecule has 0 N–H and O–H groups in total. The lowest BCUT2D eigenvalue weighted by molar-refractivity contribution is -0.146. The molecule has 0 aliphatic carbocycles. The lowest BCUT2D eigenvalue weighted by Crippen LogP contribution is -2.48. The molecule has 9 heteroatoms. The van der Waals surface area contributed by atoms with Crippen molar-refractivity contribution < 1.29 is 37.0 Å². The number of carbonyl (C=O) groups is 3. The maximum Gasteiger partial charge on any atom is 0.409 e. The Morgan fingerprint density at radius 3 is 2.39 bits per heavy atom. The average molecular weight is 401 g/mol. The molecule has 28 heavy (non-hydrogen) atoms. The van der Waals surface area contributed by atoms with E-state index >= 15 is 0 Å². The molecule has 0 radical (unpaired) electrons. The zero-order chi connectivity index (χ0) is 20.8. The summed E-state index contributed by atoms with van der Waals surface area (Å²) in [6.07, 6.45) is -0.482. The number of rotatable bonds is 6. The molecule has 1 amide bonds. The summed E-state index contributed by atoms with van der Waals surface area (Å²) in [5.74, 6) is -5.67. The van der Waals surface area contributed by atoms with Crippen LogP contribution < -0.4 is 0 Å². The van der Waals surface area contributed by atoms with Gasteiger partial charge in [0.25, 0.3) is 0 Å². The number of hydrogen-bond acceptors (Lipinski definition) is 5. The number of likely N-dealkylation sites (tertiary alicyclic amines) is 1. The molecule has 1 aromatic carbocycles. The standard InChI is InChI=1S/C19H22F3NO5/c1-3-28-17(25)10-16(24)12-4-5-23(19(26)27-2)13(9-12)6-11-7-14(20)18(22)15(21)8-11/h7-8,12-13H,3-6,9-10H2,1-2H3/t12-,13-/m0/s1. The van der Waals surface area contributed by atoms with Crippen LogP contribution >= 0.6 is 0 Å². The highest BCUT2D eigenvalue weighted by Crippen LogP contribution is 2.28. The number of carbonyl (C=O) groups excluding carboxylic acids is 3. The molecule has 154 valence electrons. The number of hydrogen-bond donors (Lipinski definition) is 0. The molecule has 1 heterocycles. The summed E-state index contributed by atoms with van der Waals surface area (Å²) in [4.78, 5) is 37.3. The first-order valence-electron chi connectivity index (χ1n) is 8.93. The van der Waals surface area contributed by atoms with Crippen LogP contribution in [0, 0.1) is 23.4 Å². The fraction of sp³-hybridized carbons (Fsp3) is 0.526. The van der Waals surface area contributed by atoms with Gasteiger partial charge in [-0.3, -0.25) is 9.59 Å². The predicted molar refractivity (Wildman–Crippen MR) is 91.9 cm³/mol. The van der Waals surface area contributed by atoms with E-state index in [2.05, 4.69) is 0 Å². The van der Waals surface area contributed by atoms with Crippen molar-refractivity contribution in [3.8, 4) is 0 Å². The smallest absolute Gasteiger partial charge is 0.409 e. The topological polar surface area (TPSA) is 72.9 Å². The molecule has 0 bridgehead atoms. The third-order valence-electron chi connectivity index (χ3n) is 4.72. The van der Waals surface area contributed by atoms with Crippen LogP contribution in [0.15, 0.2) is 12.1 Å². The van der Waals surface area contributed by atoms with Crippen molar-refractivity contribution in [3.63, 3.8) is 0 Å². The zero-order valence-corrected chi connectivity index (χ0v) is 15.7. The molecule has 0 unspecified atom stereocenters. The Morgan fingerprint density at radius 2 is 1.82 bits per heavy atom. The molecule has 1 aliphatic rings. The van der Waals surface area contributed by atoms with Crippen molar-refractivity contribution in [1.82, 2.24) is 4.90 Å². The van der Waals surface area contributed by atoms with Gasteiger partial charge in [0.15, 0.2) is 17.5 Å². The monoisotopic (exact) mass is 401 g/mol. The summed E-state index contributed by atoms with van der Waals surface area (Å²) < 4.78 is 49.7. The molecule has 2 rings (SSSR count). The first-order chi connectivity index (χ1) is 13.3. The molecule has 1 saturated heterocycles. The van der Waals surface area contributed by atoms with Gasteiger partial charge in [-0.25, -0.2) is 18.0 Å². The van der Waals surface area contributed by atoms with E-state index in [9.17, 15) is 27.6 Å².